The number of aliphatic hydroxyl groups is 2. The summed E-state index contributed by atoms with van der Waals surface area (Å²) in [6, 6.07) is 8.95. The van der Waals surface area contributed by atoms with E-state index in [1.54, 1.807) is 0 Å². The Bertz CT molecular complexity index is 856. The normalized spacial score (nSPS) is 20.7. The van der Waals surface area contributed by atoms with Crippen molar-refractivity contribution in [3.05, 3.63) is 68.8 Å². The second kappa shape index (κ2) is 5.68. The average Bonchev–Trinajstić information content (AvgIpc) is 2.93. The first kappa shape index (κ1) is 18.7. The Kier molecular flexibility index (Phi) is 3.94. The van der Waals surface area contributed by atoms with Crippen molar-refractivity contribution in [3.8, 4) is 0 Å². The van der Waals surface area contributed by atoms with E-state index in [2.05, 4.69) is 65.8 Å². The number of rotatable bonds is 2. The van der Waals surface area contributed by atoms with E-state index < -0.39 is 0 Å². The number of hydrogen-bond donors (Lipinski definition) is 2. The SMILES string of the molecule is Cc1cc(CO)c2c(c1)C(C)(C)CC21CC(C)(C)c2cc(C)cc(CO)c21. The van der Waals surface area contributed by atoms with Crippen LogP contribution in [0.15, 0.2) is 24.3 Å². The molecule has 2 aliphatic rings. The van der Waals surface area contributed by atoms with E-state index in [1.165, 1.54) is 33.4 Å². The fourth-order valence-corrected chi connectivity index (χ4v) is 6.41. The predicted octanol–water partition coefficient (Wildman–Crippen LogP) is 4.94. The van der Waals surface area contributed by atoms with Crippen LogP contribution in [0.3, 0.4) is 0 Å². The van der Waals surface area contributed by atoms with Crippen molar-refractivity contribution in [2.45, 2.75) is 83.8 Å². The number of benzene rings is 2. The van der Waals surface area contributed by atoms with E-state index in [0.29, 0.717) is 0 Å². The maximum Gasteiger partial charge on any atom is 0.0685 e. The van der Waals surface area contributed by atoms with Gasteiger partial charge in [0, 0.05) is 5.41 Å². The lowest BCUT2D eigenvalue weighted by molar-refractivity contribution is 0.271. The number of aryl methyl sites for hydroxylation is 2. The van der Waals surface area contributed by atoms with Gasteiger partial charge in [-0.05, 0) is 70.9 Å². The molecule has 0 saturated carbocycles. The van der Waals surface area contributed by atoms with Gasteiger partial charge in [-0.1, -0.05) is 63.1 Å². The smallest absolute Gasteiger partial charge is 0.0685 e. The van der Waals surface area contributed by atoms with Crippen molar-refractivity contribution in [1.29, 1.82) is 0 Å². The van der Waals surface area contributed by atoms with Gasteiger partial charge in [-0.15, -0.1) is 0 Å². The maximum absolute atomic E-state index is 10.2. The molecular formula is C25H32O2. The molecule has 0 unspecified atom stereocenters. The molecular weight excluding hydrogens is 332 g/mol. The average molecular weight is 365 g/mol. The van der Waals surface area contributed by atoms with Gasteiger partial charge in [-0.2, -0.15) is 0 Å². The van der Waals surface area contributed by atoms with Crippen LogP contribution in [0.5, 0.6) is 0 Å². The second-order valence-corrected chi connectivity index (χ2v) is 10.2. The van der Waals surface area contributed by atoms with Gasteiger partial charge < -0.3 is 10.2 Å². The standard InChI is InChI=1S/C25H32O2/c1-15-7-17(11-26)21-19(9-15)23(3,4)13-25(21)14-24(5,6)20-10-16(2)8-18(12-27)22(20)25/h7-10,26-27H,11-14H2,1-6H3. The highest BCUT2D eigenvalue weighted by Crippen LogP contribution is 2.64. The molecule has 0 atom stereocenters. The monoisotopic (exact) mass is 364 g/mol. The molecule has 4 rings (SSSR count). The third-order valence-electron chi connectivity index (χ3n) is 6.97. The molecule has 2 aliphatic carbocycles. The Labute approximate surface area is 163 Å². The lowest BCUT2D eigenvalue weighted by Gasteiger charge is -2.32. The number of fused-ring (bicyclic) bond motifs is 4. The molecule has 2 heteroatoms. The topological polar surface area (TPSA) is 40.5 Å². The summed E-state index contributed by atoms with van der Waals surface area (Å²) in [5.74, 6) is 0. The molecule has 2 aromatic rings. The first-order chi connectivity index (χ1) is 12.6. The van der Waals surface area contributed by atoms with Gasteiger partial charge in [0.2, 0.25) is 0 Å². The molecule has 2 aromatic carbocycles. The van der Waals surface area contributed by atoms with Crippen LogP contribution in [0, 0.1) is 13.8 Å². The van der Waals surface area contributed by atoms with Crippen molar-refractivity contribution >= 4 is 0 Å². The van der Waals surface area contributed by atoms with Crippen LogP contribution in [-0.4, -0.2) is 10.2 Å². The highest BCUT2D eigenvalue weighted by atomic mass is 16.3. The van der Waals surface area contributed by atoms with Crippen LogP contribution in [0.2, 0.25) is 0 Å². The fraction of sp³-hybridized carbons (Fsp3) is 0.520. The first-order valence-electron chi connectivity index (χ1n) is 10.1. The molecule has 0 bridgehead atoms. The third kappa shape index (κ3) is 2.46. The van der Waals surface area contributed by atoms with Gasteiger partial charge in [0.1, 0.15) is 0 Å². The lowest BCUT2D eigenvalue weighted by Crippen LogP contribution is -2.28. The second-order valence-electron chi connectivity index (χ2n) is 10.2. The van der Waals surface area contributed by atoms with E-state index in [0.717, 1.165) is 24.0 Å². The van der Waals surface area contributed by atoms with Crippen molar-refractivity contribution in [2.75, 3.05) is 0 Å². The van der Waals surface area contributed by atoms with Crippen LogP contribution in [0.4, 0.5) is 0 Å². The molecule has 2 N–H and O–H groups in total. The van der Waals surface area contributed by atoms with Crippen molar-refractivity contribution in [2.24, 2.45) is 0 Å². The maximum atomic E-state index is 10.2. The quantitative estimate of drug-likeness (QED) is 0.793. The highest BCUT2D eigenvalue weighted by Gasteiger charge is 2.57. The molecule has 1 spiro atoms. The molecule has 0 fully saturated rings. The zero-order chi connectivity index (χ0) is 19.8. The number of aliphatic hydroxyl groups excluding tert-OH is 2. The Morgan fingerprint density at radius 1 is 0.704 bits per heavy atom. The predicted molar refractivity (Wildman–Crippen MR) is 110 cm³/mol. The molecule has 0 saturated heterocycles. The third-order valence-corrected chi connectivity index (χ3v) is 6.97. The van der Waals surface area contributed by atoms with Gasteiger partial charge in [-0.25, -0.2) is 0 Å². The van der Waals surface area contributed by atoms with Gasteiger partial charge in [0.05, 0.1) is 13.2 Å². The van der Waals surface area contributed by atoms with E-state index in [-0.39, 0.29) is 29.5 Å². The van der Waals surface area contributed by atoms with Crippen LogP contribution >= 0.6 is 0 Å². The zero-order valence-electron chi connectivity index (χ0n) is 17.5. The summed E-state index contributed by atoms with van der Waals surface area (Å²) < 4.78 is 0. The summed E-state index contributed by atoms with van der Waals surface area (Å²) in [4.78, 5) is 0. The highest BCUT2D eigenvalue weighted by molar-refractivity contribution is 5.64. The molecule has 0 aliphatic heterocycles. The molecule has 0 radical (unpaired) electrons. The summed E-state index contributed by atoms with van der Waals surface area (Å²) in [5.41, 5.74) is 9.90. The Hall–Kier alpha value is -1.64. The van der Waals surface area contributed by atoms with E-state index in [9.17, 15) is 10.2 Å². The van der Waals surface area contributed by atoms with Crippen molar-refractivity contribution < 1.29 is 10.2 Å². The van der Waals surface area contributed by atoms with E-state index in [1.807, 2.05) is 0 Å². The van der Waals surface area contributed by atoms with Crippen LogP contribution in [0.1, 0.15) is 85.0 Å². The lowest BCUT2D eigenvalue weighted by atomic mass is 9.70. The Balaban J connectivity index is 2.13. The summed E-state index contributed by atoms with van der Waals surface area (Å²) in [5, 5.41) is 20.5. The van der Waals surface area contributed by atoms with Crippen LogP contribution < -0.4 is 0 Å². The molecule has 2 nitrogen and oxygen atoms in total. The minimum atomic E-state index is -0.130. The van der Waals surface area contributed by atoms with Crippen LogP contribution in [-0.2, 0) is 29.5 Å². The molecule has 0 amide bonds. The summed E-state index contributed by atoms with van der Waals surface area (Å²) >= 11 is 0. The molecule has 27 heavy (non-hydrogen) atoms. The van der Waals surface area contributed by atoms with Gasteiger partial charge in [-0.3, -0.25) is 0 Å². The van der Waals surface area contributed by atoms with Gasteiger partial charge >= 0.3 is 0 Å². The Morgan fingerprint density at radius 2 is 1.07 bits per heavy atom. The first-order valence-corrected chi connectivity index (χ1v) is 10.1. The van der Waals surface area contributed by atoms with Gasteiger partial charge in [0.15, 0.2) is 0 Å². The summed E-state index contributed by atoms with van der Waals surface area (Å²) in [7, 11) is 0. The van der Waals surface area contributed by atoms with E-state index in [4.69, 9.17) is 0 Å². The van der Waals surface area contributed by atoms with Crippen molar-refractivity contribution in [3.63, 3.8) is 0 Å². The zero-order valence-corrected chi connectivity index (χ0v) is 17.5. The molecule has 0 aromatic heterocycles. The summed E-state index contributed by atoms with van der Waals surface area (Å²) in [6.07, 6.45) is 2.05. The fourth-order valence-electron chi connectivity index (χ4n) is 6.41. The molecule has 144 valence electrons. The summed E-state index contributed by atoms with van der Waals surface area (Å²) in [6.45, 7) is 13.7. The molecule has 0 heterocycles. The van der Waals surface area contributed by atoms with E-state index >= 15 is 0 Å². The van der Waals surface area contributed by atoms with Crippen LogP contribution in [0.25, 0.3) is 0 Å². The minimum absolute atomic E-state index is 0.0422. The minimum Gasteiger partial charge on any atom is -0.392 e. The van der Waals surface area contributed by atoms with Crippen molar-refractivity contribution in [1.82, 2.24) is 0 Å². The number of hydrogen-bond acceptors (Lipinski definition) is 2. The largest absolute Gasteiger partial charge is 0.392 e. The Morgan fingerprint density at radius 3 is 1.41 bits per heavy atom. The van der Waals surface area contributed by atoms with Gasteiger partial charge in [0.25, 0.3) is 0 Å².